The van der Waals surface area contributed by atoms with Gasteiger partial charge >= 0.3 is 0 Å². The highest BCUT2D eigenvalue weighted by Crippen LogP contribution is 2.11. The number of rotatable bonds is 9. The SMILES string of the molecule is CCCOCCOCC(F)(F)CNC. The van der Waals surface area contributed by atoms with Crippen LogP contribution in [0.3, 0.4) is 0 Å². The monoisotopic (exact) mass is 211 g/mol. The number of nitrogens with one attached hydrogen (secondary N) is 1. The fourth-order valence-electron chi connectivity index (χ4n) is 0.895. The van der Waals surface area contributed by atoms with E-state index in [-0.39, 0.29) is 13.2 Å². The molecule has 0 bridgehead atoms. The van der Waals surface area contributed by atoms with Gasteiger partial charge < -0.3 is 14.8 Å². The number of ether oxygens (including phenoxy) is 2. The van der Waals surface area contributed by atoms with Crippen LogP contribution in [-0.4, -0.2) is 45.9 Å². The largest absolute Gasteiger partial charge is 0.379 e. The van der Waals surface area contributed by atoms with Crippen molar-refractivity contribution in [2.45, 2.75) is 19.3 Å². The van der Waals surface area contributed by atoms with Gasteiger partial charge in [-0.25, -0.2) is 8.78 Å². The molecule has 3 nitrogen and oxygen atoms in total. The molecule has 5 heteroatoms. The van der Waals surface area contributed by atoms with Crippen molar-refractivity contribution in [2.75, 3.05) is 40.0 Å². The maximum absolute atomic E-state index is 12.8. The van der Waals surface area contributed by atoms with E-state index in [0.717, 1.165) is 6.42 Å². The molecule has 0 spiro atoms. The second kappa shape index (κ2) is 8.08. The van der Waals surface area contributed by atoms with Crippen molar-refractivity contribution >= 4 is 0 Å². The number of hydrogen-bond acceptors (Lipinski definition) is 3. The standard InChI is InChI=1S/C9H19F2NO2/c1-3-4-13-5-6-14-8-9(10,11)7-12-2/h12H,3-8H2,1-2H3. The summed E-state index contributed by atoms with van der Waals surface area (Å²) in [4.78, 5) is 0. The van der Waals surface area contributed by atoms with E-state index < -0.39 is 12.5 Å². The molecule has 0 atom stereocenters. The minimum Gasteiger partial charge on any atom is -0.379 e. The summed E-state index contributed by atoms with van der Waals surface area (Å²) in [5.41, 5.74) is 0. The maximum atomic E-state index is 12.8. The molecule has 0 unspecified atom stereocenters. The molecule has 0 radical (unpaired) electrons. The summed E-state index contributed by atoms with van der Waals surface area (Å²) in [5.74, 6) is -2.79. The van der Waals surface area contributed by atoms with E-state index in [2.05, 4.69) is 5.32 Å². The Kier molecular flexibility index (Phi) is 7.93. The third-order valence-corrected chi connectivity index (χ3v) is 1.47. The molecular weight excluding hydrogens is 192 g/mol. The van der Waals surface area contributed by atoms with Crippen molar-refractivity contribution < 1.29 is 18.3 Å². The van der Waals surface area contributed by atoms with Gasteiger partial charge in [0.1, 0.15) is 6.61 Å². The molecule has 0 saturated heterocycles. The zero-order valence-corrected chi connectivity index (χ0v) is 8.82. The number of halogens is 2. The van der Waals surface area contributed by atoms with E-state index in [9.17, 15) is 8.78 Å². The molecule has 0 heterocycles. The van der Waals surface area contributed by atoms with E-state index >= 15 is 0 Å². The molecule has 0 aliphatic rings. The zero-order chi connectivity index (χ0) is 10.9. The predicted molar refractivity (Wildman–Crippen MR) is 50.8 cm³/mol. The molecule has 0 aromatic rings. The lowest BCUT2D eigenvalue weighted by Gasteiger charge is -2.15. The minimum absolute atomic E-state index is 0.222. The molecule has 0 aromatic heterocycles. The van der Waals surface area contributed by atoms with E-state index in [4.69, 9.17) is 9.47 Å². The molecule has 86 valence electrons. The molecule has 1 N–H and O–H groups in total. The van der Waals surface area contributed by atoms with Crippen LogP contribution in [-0.2, 0) is 9.47 Å². The fraction of sp³-hybridized carbons (Fsp3) is 1.00. The van der Waals surface area contributed by atoms with E-state index in [1.54, 1.807) is 0 Å². The Hall–Kier alpha value is -0.260. The van der Waals surface area contributed by atoms with Crippen LogP contribution in [0.15, 0.2) is 0 Å². The highest BCUT2D eigenvalue weighted by molar-refractivity contribution is 4.66. The highest BCUT2D eigenvalue weighted by atomic mass is 19.3. The van der Waals surface area contributed by atoms with Gasteiger partial charge in [0.15, 0.2) is 0 Å². The van der Waals surface area contributed by atoms with Gasteiger partial charge in [-0.15, -0.1) is 0 Å². The van der Waals surface area contributed by atoms with Gasteiger partial charge in [0.25, 0.3) is 5.92 Å². The molecule has 0 saturated carbocycles. The van der Waals surface area contributed by atoms with Crippen molar-refractivity contribution in [1.29, 1.82) is 0 Å². The van der Waals surface area contributed by atoms with Crippen molar-refractivity contribution in [3.05, 3.63) is 0 Å². The molecule has 0 aliphatic carbocycles. The van der Waals surface area contributed by atoms with E-state index in [1.165, 1.54) is 7.05 Å². The Balaban J connectivity index is 3.26. The van der Waals surface area contributed by atoms with Crippen LogP contribution in [0.5, 0.6) is 0 Å². The average Bonchev–Trinajstić information content (AvgIpc) is 2.11. The van der Waals surface area contributed by atoms with Crippen LogP contribution in [0.2, 0.25) is 0 Å². The van der Waals surface area contributed by atoms with Crippen LogP contribution >= 0.6 is 0 Å². The quantitative estimate of drug-likeness (QED) is 0.583. The molecule has 0 amide bonds. The molecule has 0 fully saturated rings. The predicted octanol–water partition coefficient (Wildman–Crippen LogP) is 1.28. The van der Waals surface area contributed by atoms with Crippen LogP contribution < -0.4 is 5.32 Å². The second-order valence-electron chi connectivity index (χ2n) is 3.05. The molecule has 14 heavy (non-hydrogen) atoms. The van der Waals surface area contributed by atoms with Crippen LogP contribution in [0.1, 0.15) is 13.3 Å². The summed E-state index contributed by atoms with van der Waals surface area (Å²) >= 11 is 0. The minimum atomic E-state index is -2.79. The van der Waals surface area contributed by atoms with Crippen LogP contribution in [0, 0.1) is 0 Å². The fourth-order valence-corrected chi connectivity index (χ4v) is 0.895. The van der Waals surface area contributed by atoms with Crippen molar-refractivity contribution in [2.24, 2.45) is 0 Å². The Bertz CT molecular complexity index is 134. The highest BCUT2D eigenvalue weighted by Gasteiger charge is 2.27. The van der Waals surface area contributed by atoms with Gasteiger partial charge in [0, 0.05) is 6.61 Å². The van der Waals surface area contributed by atoms with E-state index in [0.29, 0.717) is 13.2 Å². The van der Waals surface area contributed by atoms with Gasteiger partial charge in [0.2, 0.25) is 0 Å². The zero-order valence-electron chi connectivity index (χ0n) is 8.82. The third-order valence-electron chi connectivity index (χ3n) is 1.47. The van der Waals surface area contributed by atoms with E-state index in [1.807, 2.05) is 6.92 Å². The normalized spacial score (nSPS) is 12.0. The van der Waals surface area contributed by atoms with Gasteiger partial charge in [0.05, 0.1) is 19.8 Å². The van der Waals surface area contributed by atoms with Crippen molar-refractivity contribution in [1.82, 2.24) is 5.32 Å². The Morgan fingerprint density at radius 3 is 2.36 bits per heavy atom. The second-order valence-corrected chi connectivity index (χ2v) is 3.05. The lowest BCUT2D eigenvalue weighted by molar-refractivity contribution is -0.0822. The molecule has 0 aliphatic heterocycles. The average molecular weight is 211 g/mol. The third kappa shape index (κ3) is 8.34. The first kappa shape index (κ1) is 13.7. The first-order chi connectivity index (χ1) is 6.62. The molecule has 0 aromatic carbocycles. The van der Waals surface area contributed by atoms with Crippen molar-refractivity contribution in [3.63, 3.8) is 0 Å². The maximum Gasteiger partial charge on any atom is 0.283 e. The lowest BCUT2D eigenvalue weighted by atomic mass is 10.3. The topological polar surface area (TPSA) is 30.5 Å². The first-order valence-electron chi connectivity index (χ1n) is 4.80. The summed E-state index contributed by atoms with van der Waals surface area (Å²) in [6.45, 7) is 2.33. The number of hydrogen-bond donors (Lipinski definition) is 1. The first-order valence-corrected chi connectivity index (χ1v) is 4.80. The molecule has 0 rings (SSSR count). The summed E-state index contributed by atoms with van der Waals surface area (Å²) in [7, 11) is 1.48. The van der Waals surface area contributed by atoms with Crippen molar-refractivity contribution in [3.8, 4) is 0 Å². The van der Waals surface area contributed by atoms with Crippen LogP contribution in [0.25, 0.3) is 0 Å². The van der Waals surface area contributed by atoms with Gasteiger partial charge in [-0.3, -0.25) is 0 Å². The lowest BCUT2D eigenvalue weighted by Crippen LogP contribution is -2.35. The summed E-state index contributed by atoms with van der Waals surface area (Å²) in [5, 5.41) is 2.41. The Labute approximate surface area is 83.8 Å². The summed E-state index contributed by atoms with van der Waals surface area (Å²) in [6.07, 6.45) is 0.927. The number of alkyl halides is 2. The van der Waals surface area contributed by atoms with Gasteiger partial charge in [-0.1, -0.05) is 6.92 Å². The summed E-state index contributed by atoms with van der Waals surface area (Å²) < 4.78 is 35.4. The smallest absolute Gasteiger partial charge is 0.283 e. The Morgan fingerprint density at radius 1 is 1.14 bits per heavy atom. The molecular formula is C9H19F2NO2. The van der Waals surface area contributed by atoms with Gasteiger partial charge in [-0.05, 0) is 13.5 Å². The van der Waals surface area contributed by atoms with Gasteiger partial charge in [-0.2, -0.15) is 0 Å². The Morgan fingerprint density at radius 2 is 1.79 bits per heavy atom. The summed E-state index contributed by atoms with van der Waals surface area (Å²) in [6, 6.07) is 0. The van der Waals surface area contributed by atoms with Crippen LogP contribution in [0.4, 0.5) is 8.78 Å².